The second-order valence-electron chi connectivity index (χ2n) is 3.81. The molecule has 0 aliphatic heterocycles. The van der Waals surface area contributed by atoms with Gasteiger partial charge in [-0.25, -0.2) is 0 Å². The molecule has 2 nitrogen and oxygen atoms in total. The number of benzene rings is 1. The Labute approximate surface area is 89.4 Å². The monoisotopic (exact) mass is 210 g/mol. The lowest BCUT2D eigenvalue weighted by atomic mass is 10.1. The highest BCUT2D eigenvalue weighted by Gasteiger charge is 2.43. The van der Waals surface area contributed by atoms with Gasteiger partial charge in [0.15, 0.2) is 0 Å². The fourth-order valence-electron chi connectivity index (χ4n) is 1.79. The summed E-state index contributed by atoms with van der Waals surface area (Å²) in [6.45, 7) is 1.55. The summed E-state index contributed by atoms with van der Waals surface area (Å²) in [4.78, 5) is 0. The van der Waals surface area contributed by atoms with Crippen LogP contribution in [-0.4, -0.2) is 13.1 Å². The van der Waals surface area contributed by atoms with Gasteiger partial charge in [-0.3, -0.25) is 0 Å². The highest BCUT2D eigenvalue weighted by molar-refractivity contribution is 6.30. The molecule has 3 heteroatoms. The minimum atomic E-state index is 0.171. The van der Waals surface area contributed by atoms with E-state index in [2.05, 4.69) is 11.4 Å². The van der Waals surface area contributed by atoms with Crippen LogP contribution in [0.1, 0.15) is 18.4 Å². The molecule has 14 heavy (non-hydrogen) atoms. The van der Waals surface area contributed by atoms with Gasteiger partial charge in [0.2, 0.25) is 0 Å². The molecule has 2 rings (SSSR count). The van der Waals surface area contributed by atoms with Crippen molar-refractivity contribution in [3.05, 3.63) is 34.9 Å². The van der Waals surface area contributed by atoms with Gasteiger partial charge in [-0.05, 0) is 30.5 Å². The van der Waals surface area contributed by atoms with Gasteiger partial charge in [-0.2, -0.15) is 0 Å². The molecule has 0 unspecified atom stereocenters. The van der Waals surface area contributed by atoms with Crippen molar-refractivity contribution in [1.82, 2.24) is 5.32 Å². The van der Waals surface area contributed by atoms with E-state index >= 15 is 0 Å². The minimum Gasteiger partial charge on any atom is -0.329 e. The Bertz CT molecular complexity index is 321. The van der Waals surface area contributed by atoms with Crippen LogP contribution >= 0.6 is 11.6 Å². The molecule has 3 N–H and O–H groups in total. The third-order valence-corrected chi connectivity index (χ3v) is 2.97. The quantitative estimate of drug-likeness (QED) is 0.797. The third-order valence-electron chi connectivity index (χ3n) is 2.73. The molecule has 1 aromatic carbocycles. The van der Waals surface area contributed by atoms with Crippen molar-refractivity contribution >= 4 is 11.6 Å². The van der Waals surface area contributed by atoms with Crippen LogP contribution in [0.2, 0.25) is 5.02 Å². The number of rotatable bonds is 4. The Morgan fingerprint density at radius 2 is 2.21 bits per heavy atom. The largest absolute Gasteiger partial charge is 0.329 e. The predicted molar refractivity (Wildman–Crippen MR) is 59.4 cm³/mol. The molecular weight excluding hydrogens is 196 g/mol. The van der Waals surface area contributed by atoms with Gasteiger partial charge >= 0.3 is 0 Å². The number of halogens is 1. The van der Waals surface area contributed by atoms with E-state index in [0.29, 0.717) is 6.54 Å². The van der Waals surface area contributed by atoms with E-state index in [1.165, 1.54) is 18.4 Å². The summed E-state index contributed by atoms with van der Waals surface area (Å²) in [5.74, 6) is 0. The van der Waals surface area contributed by atoms with E-state index in [1.54, 1.807) is 0 Å². The number of nitrogens with two attached hydrogens (primary N) is 1. The topological polar surface area (TPSA) is 38.0 Å². The Morgan fingerprint density at radius 1 is 1.43 bits per heavy atom. The zero-order valence-electron chi connectivity index (χ0n) is 8.09. The zero-order chi connectivity index (χ0) is 10.0. The first-order chi connectivity index (χ1) is 6.77. The van der Waals surface area contributed by atoms with Crippen LogP contribution in [0.25, 0.3) is 0 Å². The lowest BCUT2D eigenvalue weighted by Gasteiger charge is -2.17. The summed E-state index contributed by atoms with van der Waals surface area (Å²) >= 11 is 5.96. The maximum Gasteiger partial charge on any atom is 0.0437 e. The van der Waals surface area contributed by atoms with Crippen molar-refractivity contribution in [2.45, 2.75) is 18.4 Å². The molecule has 76 valence electrons. The molecule has 1 aromatic rings. The van der Waals surface area contributed by atoms with Crippen molar-refractivity contribution in [3.63, 3.8) is 0 Å². The standard InChI is InChI=1S/C11H15ClN2/c12-10-3-1-2-9(8-10)11(4-5-11)14-7-6-13/h1-3,8,14H,4-7,13H2. The van der Waals surface area contributed by atoms with Gasteiger partial charge in [0.05, 0.1) is 0 Å². The number of nitrogens with one attached hydrogen (secondary N) is 1. The average Bonchev–Trinajstić information content (AvgIpc) is 2.96. The molecular formula is C11H15ClN2. The summed E-state index contributed by atoms with van der Waals surface area (Å²) in [5.41, 5.74) is 6.94. The van der Waals surface area contributed by atoms with E-state index in [-0.39, 0.29) is 5.54 Å². The van der Waals surface area contributed by atoms with Crippen LogP contribution in [0.3, 0.4) is 0 Å². The fourth-order valence-corrected chi connectivity index (χ4v) is 1.98. The highest BCUT2D eigenvalue weighted by atomic mass is 35.5. The molecule has 0 atom stereocenters. The summed E-state index contributed by atoms with van der Waals surface area (Å²) < 4.78 is 0. The molecule has 0 bridgehead atoms. The van der Waals surface area contributed by atoms with Gasteiger partial charge in [0.1, 0.15) is 0 Å². The van der Waals surface area contributed by atoms with E-state index in [4.69, 9.17) is 17.3 Å². The lowest BCUT2D eigenvalue weighted by molar-refractivity contribution is 0.527. The molecule has 0 amide bonds. The molecule has 0 aromatic heterocycles. The van der Waals surface area contributed by atoms with Gasteiger partial charge in [0.25, 0.3) is 0 Å². The van der Waals surface area contributed by atoms with Gasteiger partial charge in [0, 0.05) is 23.7 Å². The summed E-state index contributed by atoms with van der Waals surface area (Å²) in [6.07, 6.45) is 2.38. The van der Waals surface area contributed by atoms with E-state index < -0.39 is 0 Å². The molecule has 0 radical (unpaired) electrons. The van der Waals surface area contributed by atoms with Crippen molar-refractivity contribution in [3.8, 4) is 0 Å². The Morgan fingerprint density at radius 3 is 2.79 bits per heavy atom. The fraction of sp³-hybridized carbons (Fsp3) is 0.455. The van der Waals surface area contributed by atoms with Crippen molar-refractivity contribution in [2.24, 2.45) is 5.73 Å². The molecule has 0 heterocycles. The van der Waals surface area contributed by atoms with Crippen molar-refractivity contribution < 1.29 is 0 Å². The second kappa shape index (κ2) is 3.89. The van der Waals surface area contributed by atoms with Crippen molar-refractivity contribution in [2.75, 3.05) is 13.1 Å². The Hall–Kier alpha value is -0.570. The van der Waals surface area contributed by atoms with E-state index in [9.17, 15) is 0 Å². The SMILES string of the molecule is NCCNC1(c2cccc(Cl)c2)CC1. The maximum absolute atomic E-state index is 5.96. The summed E-state index contributed by atoms with van der Waals surface area (Å²) in [5, 5.41) is 4.29. The van der Waals surface area contributed by atoms with E-state index in [1.807, 2.05) is 18.2 Å². The predicted octanol–water partition coefficient (Wildman–Crippen LogP) is 1.88. The summed E-state index contributed by atoms with van der Waals surface area (Å²) in [6, 6.07) is 8.08. The Kier molecular flexibility index (Phi) is 2.77. The average molecular weight is 211 g/mol. The molecule has 1 aliphatic rings. The van der Waals surface area contributed by atoms with Gasteiger partial charge in [-0.15, -0.1) is 0 Å². The van der Waals surface area contributed by atoms with Crippen LogP contribution < -0.4 is 11.1 Å². The number of hydrogen-bond donors (Lipinski definition) is 2. The molecule has 1 aliphatic carbocycles. The van der Waals surface area contributed by atoms with Crippen LogP contribution in [0.15, 0.2) is 24.3 Å². The lowest BCUT2D eigenvalue weighted by Crippen LogP contribution is -2.33. The number of hydrogen-bond acceptors (Lipinski definition) is 2. The summed E-state index contributed by atoms with van der Waals surface area (Å²) in [7, 11) is 0. The highest BCUT2D eigenvalue weighted by Crippen LogP contribution is 2.45. The molecule has 1 saturated carbocycles. The van der Waals surface area contributed by atoms with Crippen LogP contribution in [0.4, 0.5) is 0 Å². The minimum absolute atomic E-state index is 0.171. The van der Waals surface area contributed by atoms with Crippen LogP contribution in [0, 0.1) is 0 Å². The van der Waals surface area contributed by atoms with Crippen molar-refractivity contribution in [1.29, 1.82) is 0 Å². The van der Waals surface area contributed by atoms with Gasteiger partial charge in [-0.1, -0.05) is 23.7 Å². The first kappa shape index (κ1) is 9.97. The van der Waals surface area contributed by atoms with Crippen LogP contribution in [-0.2, 0) is 5.54 Å². The Balaban J connectivity index is 2.14. The smallest absolute Gasteiger partial charge is 0.0437 e. The first-order valence-electron chi connectivity index (χ1n) is 4.98. The van der Waals surface area contributed by atoms with Gasteiger partial charge < -0.3 is 11.1 Å². The van der Waals surface area contributed by atoms with Crippen LogP contribution in [0.5, 0.6) is 0 Å². The normalized spacial score (nSPS) is 18.1. The van der Waals surface area contributed by atoms with E-state index in [0.717, 1.165) is 11.6 Å². The molecule has 0 spiro atoms. The zero-order valence-corrected chi connectivity index (χ0v) is 8.85. The molecule has 1 fully saturated rings. The second-order valence-corrected chi connectivity index (χ2v) is 4.24. The molecule has 0 saturated heterocycles. The maximum atomic E-state index is 5.96. The third kappa shape index (κ3) is 1.92. The first-order valence-corrected chi connectivity index (χ1v) is 5.36.